The molecule has 0 aromatic rings. The molecule has 2 aliphatic rings. The third-order valence-corrected chi connectivity index (χ3v) is 3.72. The molecule has 1 saturated heterocycles. The minimum absolute atomic E-state index is 0.317. The van der Waals surface area contributed by atoms with Crippen LogP contribution in [-0.2, 0) is 9.59 Å². The van der Waals surface area contributed by atoms with E-state index < -0.39 is 11.8 Å². The van der Waals surface area contributed by atoms with Gasteiger partial charge in [-0.2, -0.15) is 0 Å². The van der Waals surface area contributed by atoms with E-state index in [4.69, 9.17) is 0 Å². The molecule has 2 rings (SSSR count). The number of nitrogens with one attached hydrogen (secondary N) is 2. The molecule has 0 spiro atoms. The van der Waals surface area contributed by atoms with Gasteiger partial charge < -0.3 is 0 Å². The molecule has 2 amide bonds. The Kier molecular flexibility index (Phi) is 3.76. The van der Waals surface area contributed by atoms with Gasteiger partial charge in [0.05, 0.1) is 0 Å². The molecule has 1 aliphatic carbocycles. The molecule has 1 saturated carbocycles. The van der Waals surface area contributed by atoms with Crippen molar-refractivity contribution in [3.05, 3.63) is 0 Å². The number of hydrogen-bond donors (Lipinski definition) is 2. The predicted molar refractivity (Wildman–Crippen MR) is 64.3 cm³/mol. The van der Waals surface area contributed by atoms with Gasteiger partial charge in [0, 0.05) is 6.54 Å². The number of aliphatic imine (C=N–C) groups is 1. The van der Waals surface area contributed by atoms with Crippen molar-refractivity contribution in [3.63, 3.8) is 0 Å². The maximum absolute atomic E-state index is 10.9. The summed E-state index contributed by atoms with van der Waals surface area (Å²) in [4.78, 5) is 26.1. The lowest BCUT2D eigenvalue weighted by Gasteiger charge is -2.26. The van der Waals surface area contributed by atoms with Gasteiger partial charge in [0.1, 0.15) is 0 Å². The number of rotatable bonds is 3. The molecular weight excluding hydrogens is 218 g/mol. The molecule has 5 nitrogen and oxygen atoms in total. The summed E-state index contributed by atoms with van der Waals surface area (Å²) in [5.41, 5.74) is 0. The highest BCUT2D eigenvalue weighted by Crippen LogP contribution is 2.30. The van der Waals surface area contributed by atoms with E-state index in [0.29, 0.717) is 18.4 Å². The Morgan fingerprint density at radius 1 is 1.06 bits per heavy atom. The molecule has 0 unspecified atom stereocenters. The molecular formula is C12H19N3O2. The fourth-order valence-corrected chi connectivity index (χ4v) is 2.48. The second-order valence-electron chi connectivity index (χ2n) is 4.89. The highest BCUT2D eigenvalue weighted by molar-refractivity contribution is 6.45. The lowest BCUT2D eigenvalue weighted by molar-refractivity contribution is -0.135. The van der Waals surface area contributed by atoms with Gasteiger partial charge in [-0.1, -0.05) is 26.2 Å². The number of carbonyl (C=O) groups is 2. The fourth-order valence-electron chi connectivity index (χ4n) is 2.48. The monoisotopic (exact) mass is 237 g/mol. The Morgan fingerprint density at radius 3 is 2.12 bits per heavy atom. The van der Waals surface area contributed by atoms with Crippen molar-refractivity contribution in [2.45, 2.75) is 39.0 Å². The number of guanidine groups is 1. The van der Waals surface area contributed by atoms with Crippen LogP contribution in [0, 0.1) is 11.8 Å². The maximum atomic E-state index is 10.9. The van der Waals surface area contributed by atoms with E-state index in [1.165, 1.54) is 32.1 Å². The van der Waals surface area contributed by atoms with E-state index in [2.05, 4.69) is 22.5 Å². The van der Waals surface area contributed by atoms with Crippen molar-refractivity contribution in [1.29, 1.82) is 0 Å². The summed E-state index contributed by atoms with van der Waals surface area (Å²) in [5.74, 6) is 0.569. The lowest BCUT2D eigenvalue weighted by atomic mass is 9.81. The molecule has 1 aliphatic heterocycles. The van der Waals surface area contributed by atoms with E-state index in [1.807, 2.05) is 0 Å². The molecule has 0 bridgehead atoms. The highest BCUT2D eigenvalue weighted by atomic mass is 16.2. The Bertz CT molecular complexity index is 326. The van der Waals surface area contributed by atoms with Crippen molar-refractivity contribution in [2.24, 2.45) is 16.8 Å². The van der Waals surface area contributed by atoms with Crippen LogP contribution in [-0.4, -0.2) is 24.3 Å². The molecule has 17 heavy (non-hydrogen) atoms. The Balaban J connectivity index is 1.78. The number of nitrogens with zero attached hydrogens (tertiary/aromatic N) is 1. The maximum Gasteiger partial charge on any atom is 0.316 e. The van der Waals surface area contributed by atoms with Crippen LogP contribution >= 0.6 is 0 Å². The summed E-state index contributed by atoms with van der Waals surface area (Å²) in [6.07, 6.45) is 6.25. The summed E-state index contributed by atoms with van der Waals surface area (Å²) in [6, 6.07) is 0. The minimum atomic E-state index is -0.613. The first-order chi connectivity index (χ1) is 8.19. The van der Waals surface area contributed by atoms with Gasteiger partial charge in [0.25, 0.3) is 0 Å². The van der Waals surface area contributed by atoms with Crippen LogP contribution in [0.25, 0.3) is 0 Å². The van der Waals surface area contributed by atoms with Gasteiger partial charge >= 0.3 is 11.8 Å². The van der Waals surface area contributed by atoms with Crippen molar-refractivity contribution in [2.75, 3.05) is 6.54 Å². The summed E-state index contributed by atoms with van der Waals surface area (Å²) >= 11 is 0. The molecule has 2 fully saturated rings. The third kappa shape index (κ3) is 3.05. The first kappa shape index (κ1) is 12.1. The van der Waals surface area contributed by atoms with Crippen LogP contribution in [0.3, 0.4) is 0 Å². The summed E-state index contributed by atoms with van der Waals surface area (Å²) in [7, 11) is 0. The van der Waals surface area contributed by atoms with Crippen molar-refractivity contribution in [3.8, 4) is 0 Å². The SMILES string of the molecule is CCC1CCC(CN=C2NC(=O)C(=O)N2)CC1. The molecule has 0 aromatic heterocycles. The van der Waals surface area contributed by atoms with Crippen LogP contribution in [0.15, 0.2) is 4.99 Å². The molecule has 94 valence electrons. The Labute approximate surface area is 101 Å². The van der Waals surface area contributed by atoms with E-state index in [9.17, 15) is 9.59 Å². The predicted octanol–water partition coefficient (Wildman–Crippen LogP) is 0.805. The summed E-state index contributed by atoms with van der Waals surface area (Å²) < 4.78 is 0. The van der Waals surface area contributed by atoms with E-state index in [-0.39, 0.29) is 0 Å². The average molecular weight is 237 g/mol. The molecule has 1 heterocycles. The Hall–Kier alpha value is -1.39. The van der Waals surface area contributed by atoms with Gasteiger partial charge in [-0.05, 0) is 24.7 Å². The minimum Gasteiger partial charge on any atom is -0.288 e. The van der Waals surface area contributed by atoms with E-state index in [0.717, 1.165) is 5.92 Å². The smallest absolute Gasteiger partial charge is 0.288 e. The first-order valence-electron chi connectivity index (χ1n) is 6.35. The van der Waals surface area contributed by atoms with Crippen LogP contribution < -0.4 is 10.6 Å². The quantitative estimate of drug-likeness (QED) is 0.713. The van der Waals surface area contributed by atoms with Gasteiger partial charge in [-0.25, -0.2) is 0 Å². The summed E-state index contributed by atoms with van der Waals surface area (Å²) in [5, 5.41) is 4.83. The van der Waals surface area contributed by atoms with Crippen molar-refractivity contribution >= 4 is 17.8 Å². The zero-order valence-corrected chi connectivity index (χ0v) is 10.2. The standard InChI is InChI=1S/C12H19N3O2/c1-2-8-3-5-9(6-4-8)7-13-12-14-10(16)11(17)15-12/h8-9H,2-7H2,1H3,(H2,13,14,15,16,17). The van der Waals surface area contributed by atoms with Crippen LogP contribution in [0.4, 0.5) is 0 Å². The fraction of sp³-hybridized carbons (Fsp3) is 0.750. The number of amides is 2. The van der Waals surface area contributed by atoms with Crippen LogP contribution in [0.1, 0.15) is 39.0 Å². The van der Waals surface area contributed by atoms with E-state index >= 15 is 0 Å². The average Bonchev–Trinajstić information content (AvgIpc) is 2.67. The first-order valence-corrected chi connectivity index (χ1v) is 6.35. The second-order valence-corrected chi connectivity index (χ2v) is 4.89. The van der Waals surface area contributed by atoms with Gasteiger partial charge in [-0.3, -0.25) is 25.2 Å². The summed E-state index contributed by atoms with van der Waals surface area (Å²) in [6.45, 7) is 2.95. The van der Waals surface area contributed by atoms with Crippen molar-refractivity contribution < 1.29 is 9.59 Å². The van der Waals surface area contributed by atoms with Gasteiger partial charge in [0.2, 0.25) is 5.96 Å². The lowest BCUT2D eigenvalue weighted by Crippen LogP contribution is -2.27. The molecule has 5 heteroatoms. The Morgan fingerprint density at radius 2 is 1.59 bits per heavy atom. The zero-order valence-electron chi connectivity index (χ0n) is 10.2. The topological polar surface area (TPSA) is 70.6 Å². The van der Waals surface area contributed by atoms with Crippen LogP contribution in [0.5, 0.6) is 0 Å². The van der Waals surface area contributed by atoms with Crippen LogP contribution in [0.2, 0.25) is 0 Å². The van der Waals surface area contributed by atoms with Gasteiger partial charge in [0.15, 0.2) is 0 Å². The molecule has 0 aromatic carbocycles. The second kappa shape index (κ2) is 5.29. The number of carbonyl (C=O) groups excluding carboxylic acids is 2. The largest absolute Gasteiger partial charge is 0.316 e. The molecule has 2 N–H and O–H groups in total. The van der Waals surface area contributed by atoms with E-state index in [1.54, 1.807) is 0 Å². The zero-order chi connectivity index (χ0) is 12.3. The number of hydrogen-bond acceptors (Lipinski definition) is 3. The molecule has 0 atom stereocenters. The third-order valence-electron chi connectivity index (χ3n) is 3.72. The van der Waals surface area contributed by atoms with Crippen molar-refractivity contribution in [1.82, 2.24) is 10.6 Å². The normalized spacial score (nSPS) is 28.9. The highest BCUT2D eigenvalue weighted by Gasteiger charge is 2.26. The van der Waals surface area contributed by atoms with Gasteiger partial charge in [-0.15, -0.1) is 0 Å². The molecule has 0 radical (unpaired) electrons.